The third-order valence-corrected chi connectivity index (χ3v) is 6.43. The first-order valence-corrected chi connectivity index (χ1v) is 12.8. The van der Waals surface area contributed by atoms with Gasteiger partial charge < -0.3 is 19.7 Å². The summed E-state index contributed by atoms with van der Waals surface area (Å²) < 4.78 is 10.6. The van der Waals surface area contributed by atoms with Gasteiger partial charge in [0.25, 0.3) is 5.91 Å². The van der Waals surface area contributed by atoms with E-state index < -0.39 is 0 Å². The van der Waals surface area contributed by atoms with Gasteiger partial charge in [0, 0.05) is 37.5 Å². The van der Waals surface area contributed by atoms with Crippen LogP contribution >= 0.6 is 23.4 Å². The van der Waals surface area contributed by atoms with Crippen molar-refractivity contribution in [2.45, 2.75) is 30.7 Å². The average Bonchev–Trinajstić information content (AvgIpc) is 2.87. The summed E-state index contributed by atoms with van der Waals surface area (Å²) in [7, 11) is 5.21. The number of methoxy groups -OCH3 is 2. The van der Waals surface area contributed by atoms with Gasteiger partial charge in [0.15, 0.2) is 16.7 Å². The molecule has 186 valence electrons. The molecule has 7 nitrogen and oxygen atoms in total. The molecule has 0 spiro atoms. The number of hydrogen-bond donors (Lipinski definition) is 1. The second-order valence-corrected chi connectivity index (χ2v) is 9.27. The van der Waals surface area contributed by atoms with Crippen LogP contribution in [-0.4, -0.2) is 50.2 Å². The van der Waals surface area contributed by atoms with Crippen molar-refractivity contribution in [2.24, 2.45) is 0 Å². The quantitative estimate of drug-likeness (QED) is 0.201. The molecule has 1 amide bonds. The fourth-order valence-electron chi connectivity index (χ4n) is 3.50. The van der Waals surface area contributed by atoms with E-state index in [1.165, 1.54) is 11.8 Å². The van der Waals surface area contributed by atoms with Crippen LogP contribution in [0.4, 0.5) is 5.82 Å². The molecule has 0 aliphatic heterocycles. The molecule has 0 aliphatic rings. The van der Waals surface area contributed by atoms with Gasteiger partial charge >= 0.3 is 0 Å². The minimum Gasteiger partial charge on any atom is -0.493 e. The number of nitrogens with one attached hydrogen (secondary N) is 1. The van der Waals surface area contributed by atoms with Crippen molar-refractivity contribution < 1.29 is 14.3 Å². The van der Waals surface area contributed by atoms with Gasteiger partial charge in [-0.15, -0.1) is 0 Å². The molecule has 1 N–H and O–H groups in total. The van der Waals surface area contributed by atoms with Gasteiger partial charge in [-0.2, -0.15) is 0 Å². The molecule has 0 aliphatic carbocycles. The van der Waals surface area contributed by atoms with Crippen LogP contribution in [0.15, 0.2) is 53.7 Å². The highest BCUT2D eigenvalue weighted by molar-refractivity contribution is 7.98. The Balaban J connectivity index is 1.56. The summed E-state index contributed by atoms with van der Waals surface area (Å²) >= 11 is 7.70. The van der Waals surface area contributed by atoms with Crippen molar-refractivity contribution in [1.82, 2.24) is 15.3 Å². The van der Waals surface area contributed by atoms with Crippen LogP contribution in [0, 0.1) is 0 Å². The van der Waals surface area contributed by atoms with Crippen LogP contribution in [0.25, 0.3) is 0 Å². The summed E-state index contributed by atoms with van der Waals surface area (Å²) in [6, 6.07) is 15.1. The molecule has 0 saturated carbocycles. The number of halogens is 1. The monoisotopic (exact) mass is 514 g/mol. The Hall–Kier alpha value is -2.97. The van der Waals surface area contributed by atoms with Gasteiger partial charge in [-0.25, -0.2) is 9.97 Å². The third-order valence-electron chi connectivity index (χ3n) is 5.32. The number of anilines is 1. The highest BCUT2D eigenvalue weighted by Gasteiger charge is 2.11. The normalized spacial score (nSPS) is 10.7. The fraction of sp³-hybridized carbons (Fsp3) is 0.346. The Kier molecular flexibility index (Phi) is 10.0. The molecule has 9 heteroatoms. The van der Waals surface area contributed by atoms with Gasteiger partial charge in [-0.3, -0.25) is 4.79 Å². The Bertz CT molecular complexity index is 1150. The Morgan fingerprint density at radius 2 is 1.86 bits per heavy atom. The van der Waals surface area contributed by atoms with Crippen LogP contribution in [0.5, 0.6) is 11.5 Å². The number of nitrogens with zero attached hydrogens (tertiary/aromatic N) is 3. The summed E-state index contributed by atoms with van der Waals surface area (Å²) in [5.74, 6) is 2.68. The number of benzene rings is 2. The van der Waals surface area contributed by atoms with Gasteiger partial charge in [0.05, 0.1) is 14.2 Å². The van der Waals surface area contributed by atoms with E-state index in [1.807, 2.05) is 49.5 Å². The number of aromatic nitrogens is 2. The number of carbonyl (C=O) groups is 1. The van der Waals surface area contributed by atoms with Crippen LogP contribution in [-0.2, 0) is 12.2 Å². The van der Waals surface area contributed by atoms with E-state index >= 15 is 0 Å². The van der Waals surface area contributed by atoms with E-state index in [2.05, 4.69) is 27.1 Å². The zero-order chi connectivity index (χ0) is 25.2. The lowest BCUT2D eigenvalue weighted by Crippen LogP contribution is -2.25. The van der Waals surface area contributed by atoms with Crippen molar-refractivity contribution >= 4 is 35.1 Å². The Morgan fingerprint density at radius 1 is 1.06 bits per heavy atom. The van der Waals surface area contributed by atoms with E-state index in [0.29, 0.717) is 46.1 Å². The van der Waals surface area contributed by atoms with Crippen LogP contribution < -0.4 is 19.7 Å². The van der Waals surface area contributed by atoms with E-state index in [-0.39, 0.29) is 5.91 Å². The second-order valence-electron chi connectivity index (χ2n) is 7.94. The van der Waals surface area contributed by atoms with Gasteiger partial charge in [0.1, 0.15) is 11.0 Å². The first kappa shape index (κ1) is 26.6. The summed E-state index contributed by atoms with van der Waals surface area (Å²) in [6.07, 6.45) is 1.70. The molecule has 1 heterocycles. The van der Waals surface area contributed by atoms with E-state index in [0.717, 1.165) is 29.9 Å². The number of rotatable bonds is 12. The summed E-state index contributed by atoms with van der Waals surface area (Å²) in [4.78, 5) is 23.7. The molecule has 2 aromatic carbocycles. The predicted molar refractivity (Wildman–Crippen MR) is 142 cm³/mol. The zero-order valence-corrected chi connectivity index (χ0v) is 22.1. The Morgan fingerprint density at radius 3 is 2.60 bits per heavy atom. The van der Waals surface area contributed by atoms with Crippen molar-refractivity contribution in [3.05, 3.63) is 70.4 Å². The SMILES string of the molecule is CCCN(C)c1cc(Cl)nc(SCc2cccc(C(=O)NCCc3ccc(OC)c(OC)c3)c2)n1. The van der Waals surface area contributed by atoms with Crippen LogP contribution in [0.2, 0.25) is 5.15 Å². The first-order valence-electron chi connectivity index (χ1n) is 11.4. The molecule has 3 aromatic rings. The molecule has 0 fully saturated rings. The van der Waals surface area contributed by atoms with E-state index in [9.17, 15) is 4.79 Å². The standard InChI is InChI=1S/C26H31ClN4O3S/c1-5-13-31(2)24-16-23(27)29-26(30-24)35-17-19-7-6-8-20(14-19)25(32)28-12-11-18-9-10-21(33-3)22(15-18)34-4/h6-10,14-16H,5,11-13,17H2,1-4H3,(H,28,32). The average molecular weight is 515 g/mol. The topological polar surface area (TPSA) is 76.6 Å². The second kappa shape index (κ2) is 13.2. The maximum atomic E-state index is 12.7. The molecular weight excluding hydrogens is 484 g/mol. The third kappa shape index (κ3) is 7.77. The van der Waals surface area contributed by atoms with Crippen LogP contribution in [0.3, 0.4) is 0 Å². The highest BCUT2D eigenvalue weighted by Crippen LogP contribution is 2.28. The molecule has 0 unspecified atom stereocenters. The summed E-state index contributed by atoms with van der Waals surface area (Å²) in [5.41, 5.74) is 2.68. The van der Waals surface area contributed by atoms with Gasteiger partial charge in [-0.05, 0) is 48.2 Å². The van der Waals surface area contributed by atoms with Gasteiger partial charge in [0.2, 0.25) is 0 Å². The molecule has 0 bridgehead atoms. The van der Waals surface area contributed by atoms with Crippen molar-refractivity contribution in [3.8, 4) is 11.5 Å². The predicted octanol–water partition coefficient (Wildman–Crippen LogP) is 5.26. The maximum Gasteiger partial charge on any atom is 0.251 e. The number of amides is 1. The minimum absolute atomic E-state index is 0.111. The molecule has 1 aromatic heterocycles. The Labute approximate surface area is 216 Å². The number of carbonyl (C=O) groups excluding carboxylic acids is 1. The zero-order valence-electron chi connectivity index (χ0n) is 20.5. The van der Waals surface area contributed by atoms with E-state index in [4.69, 9.17) is 21.1 Å². The summed E-state index contributed by atoms with van der Waals surface area (Å²) in [6.45, 7) is 3.52. The molecule has 0 saturated heterocycles. The molecule has 3 rings (SSSR count). The number of thioether (sulfide) groups is 1. The van der Waals surface area contributed by atoms with Gasteiger partial charge in [-0.1, -0.05) is 48.5 Å². The van der Waals surface area contributed by atoms with Crippen LogP contribution in [0.1, 0.15) is 34.8 Å². The largest absolute Gasteiger partial charge is 0.493 e. The van der Waals surface area contributed by atoms with Crippen molar-refractivity contribution in [2.75, 3.05) is 39.3 Å². The lowest BCUT2D eigenvalue weighted by Gasteiger charge is -2.17. The lowest BCUT2D eigenvalue weighted by molar-refractivity contribution is 0.0954. The highest BCUT2D eigenvalue weighted by atomic mass is 35.5. The smallest absolute Gasteiger partial charge is 0.251 e. The first-order chi connectivity index (χ1) is 16.9. The minimum atomic E-state index is -0.111. The molecule has 0 radical (unpaired) electrons. The molecule has 0 atom stereocenters. The molecule has 35 heavy (non-hydrogen) atoms. The van der Waals surface area contributed by atoms with E-state index in [1.54, 1.807) is 20.3 Å². The maximum absolute atomic E-state index is 12.7. The molecular formula is C26H31ClN4O3S. The van der Waals surface area contributed by atoms with Crippen molar-refractivity contribution in [3.63, 3.8) is 0 Å². The lowest BCUT2D eigenvalue weighted by atomic mass is 10.1. The van der Waals surface area contributed by atoms with Crippen molar-refractivity contribution in [1.29, 1.82) is 0 Å². The summed E-state index contributed by atoms with van der Waals surface area (Å²) in [5, 5.41) is 4.02. The number of ether oxygens (including phenoxy) is 2. The number of hydrogen-bond acceptors (Lipinski definition) is 7. The fourth-order valence-corrected chi connectivity index (χ4v) is 4.53.